The molecule has 2 aliphatic rings. The van der Waals surface area contributed by atoms with E-state index in [-0.39, 0.29) is 18.7 Å². The third-order valence-electron chi connectivity index (χ3n) is 5.52. The maximum Gasteiger partial charge on any atom is 0.324 e. The van der Waals surface area contributed by atoms with Gasteiger partial charge in [-0.15, -0.1) is 0 Å². The number of aliphatic hydroxyl groups is 4. The number of aliphatic carboxylic acids is 1. The summed E-state index contributed by atoms with van der Waals surface area (Å²) in [4.78, 5) is 34.4. The maximum absolute atomic E-state index is 11.9. The molecule has 0 aromatic carbocycles. The van der Waals surface area contributed by atoms with E-state index in [0.717, 1.165) is 12.2 Å². The molecule has 10 N–H and O–H groups in total. The number of carboxylic acids is 1. The topological polar surface area (TPSA) is 238 Å². The molecule has 0 aliphatic carbocycles. The molecule has 2 fully saturated rings. The van der Waals surface area contributed by atoms with Crippen molar-refractivity contribution in [2.24, 2.45) is 11.5 Å². The fraction of sp³-hybridized carbons (Fsp3) is 0.737. The maximum atomic E-state index is 11.9. The Morgan fingerprint density at radius 3 is 2.53 bits per heavy atom. The molecule has 34 heavy (non-hydrogen) atoms. The lowest BCUT2D eigenvalue weighted by atomic mass is 9.97. The van der Waals surface area contributed by atoms with Crippen LogP contribution in [0.25, 0.3) is 0 Å². The lowest BCUT2D eigenvalue weighted by molar-refractivity contribution is -0.263. The van der Waals surface area contributed by atoms with Crippen LogP contribution in [0.15, 0.2) is 12.2 Å². The normalized spacial score (nSPS) is 35.6. The molecule has 0 aromatic rings. The molecule has 0 radical (unpaired) electrons. The predicted molar refractivity (Wildman–Crippen MR) is 117 cm³/mol. The number of hydrogen-bond acceptors (Lipinski definition) is 12. The van der Waals surface area contributed by atoms with Crippen LogP contribution in [-0.2, 0) is 23.9 Å². The van der Waals surface area contributed by atoms with E-state index in [4.69, 9.17) is 20.9 Å². The van der Waals surface area contributed by atoms with Crippen LogP contribution in [0.2, 0.25) is 0 Å². The fourth-order valence-corrected chi connectivity index (χ4v) is 4.89. The van der Waals surface area contributed by atoms with E-state index >= 15 is 0 Å². The Bertz CT molecular complexity index is 788. The van der Waals surface area contributed by atoms with Gasteiger partial charge in [-0.1, -0.05) is 6.08 Å². The zero-order chi connectivity index (χ0) is 25.8. The SMILES string of the molecule is CC(=O)N1SC(O)(N[C@H](/C=C/C(N)=O)C(=O)O)[C@@H]1CCC(C)O[C@@H]1[C@@H](N)[C@@H](O)O[C@H](CO)[C@H]1O. The summed E-state index contributed by atoms with van der Waals surface area (Å²) in [5.41, 5.74) is 10.9. The number of carbonyl (C=O) groups is 3. The van der Waals surface area contributed by atoms with E-state index in [9.17, 15) is 39.9 Å². The van der Waals surface area contributed by atoms with Gasteiger partial charge in [-0.2, -0.15) is 0 Å². The Morgan fingerprint density at radius 1 is 1.35 bits per heavy atom. The van der Waals surface area contributed by atoms with Gasteiger partial charge in [-0.05, 0) is 19.8 Å². The number of ether oxygens (including phenoxy) is 2. The summed E-state index contributed by atoms with van der Waals surface area (Å²) in [6, 6.07) is -3.39. The van der Waals surface area contributed by atoms with Crippen molar-refractivity contribution in [3.63, 3.8) is 0 Å². The first-order valence-corrected chi connectivity index (χ1v) is 11.3. The van der Waals surface area contributed by atoms with Gasteiger partial charge in [0.1, 0.15) is 24.4 Å². The predicted octanol–water partition coefficient (Wildman–Crippen LogP) is -3.45. The molecule has 15 heteroatoms. The molecule has 0 spiro atoms. The van der Waals surface area contributed by atoms with Crippen molar-refractivity contribution in [1.29, 1.82) is 0 Å². The highest BCUT2D eigenvalue weighted by Crippen LogP contribution is 2.46. The number of aliphatic hydroxyl groups excluding tert-OH is 3. The van der Waals surface area contributed by atoms with E-state index < -0.39 is 72.4 Å². The van der Waals surface area contributed by atoms with Gasteiger partial charge in [0.2, 0.25) is 16.9 Å². The number of carbonyl (C=O) groups excluding carboxylic acids is 2. The largest absolute Gasteiger partial charge is 0.480 e. The lowest BCUT2D eigenvalue weighted by Crippen LogP contribution is -2.70. The summed E-state index contributed by atoms with van der Waals surface area (Å²) in [5, 5.41) is 50.5. The first-order chi connectivity index (χ1) is 15.8. The van der Waals surface area contributed by atoms with Gasteiger partial charge < -0.3 is 46.5 Å². The van der Waals surface area contributed by atoms with Crippen LogP contribution in [-0.4, -0.2) is 108 Å². The molecule has 2 aliphatic heterocycles. The number of nitrogens with two attached hydrogens (primary N) is 2. The van der Waals surface area contributed by atoms with Gasteiger partial charge in [-0.25, -0.2) is 0 Å². The van der Waals surface area contributed by atoms with E-state index in [2.05, 4.69) is 5.32 Å². The highest BCUT2D eigenvalue weighted by Gasteiger charge is 2.55. The molecule has 9 atom stereocenters. The van der Waals surface area contributed by atoms with Crippen LogP contribution in [0.5, 0.6) is 0 Å². The number of hydrogen-bond donors (Lipinski definition) is 8. The Kier molecular flexibility index (Phi) is 9.81. The van der Waals surface area contributed by atoms with Gasteiger partial charge in [0.25, 0.3) is 0 Å². The molecular formula is C19H32N4O10S. The number of carboxylic acid groups (broad SMARTS) is 1. The summed E-state index contributed by atoms with van der Waals surface area (Å²) < 4.78 is 12.1. The van der Waals surface area contributed by atoms with Gasteiger partial charge in [-0.3, -0.25) is 24.0 Å². The second-order valence-electron chi connectivity index (χ2n) is 8.17. The average Bonchev–Trinajstić information content (AvgIpc) is 2.74. The summed E-state index contributed by atoms with van der Waals surface area (Å²) in [7, 11) is 0. The molecule has 2 unspecified atom stereocenters. The molecule has 2 rings (SSSR count). The first kappa shape index (κ1) is 28.4. The summed E-state index contributed by atoms with van der Waals surface area (Å²) >= 11 is 0.700. The quantitative estimate of drug-likeness (QED) is 0.0770. The van der Waals surface area contributed by atoms with Crippen molar-refractivity contribution in [2.45, 2.75) is 80.6 Å². The first-order valence-electron chi connectivity index (χ1n) is 10.5. The summed E-state index contributed by atoms with van der Waals surface area (Å²) in [5.74, 6) is -2.61. The monoisotopic (exact) mass is 508 g/mol. The van der Waals surface area contributed by atoms with Gasteiger partial charge in [0, 0.05) is 24.9 Å². The van der Waals surface area contributed by atoms with Crippen molar-refractivity contribution in [2.75, 3.05) is 6.61 Å². The third kappa shape index (κ3) is 6.65. The van der Waals surface area contributed by atoms with Gasteiger partial charge in [0.05, 0.1) is 24.8 Å². The van der Waals surface area contributed by atoms with Crippen molar-refractivity contribution in [3.05, 3.63) is 12.2 Å². The van der Waals surface area contributed by atoms with E-state index in [1.54, 1.807) is 6.92 Å². The van der Waals surface area contributed by atoms with Crippen LogP contribution >= 0.6 is 11.9 Å². The molecule has 2 amide bonds. The van der Waals surface area contributed by atoms with Crippen molar-refractivity contribution in [1.82, 2.24) is 9.62 Å². The van der Waals surface area contributed by atoms with Crippen LogP contribution in [0, 0.1) is 0 Å². The van der Waals surface area contributed by atoms with Gasteiger partial charge >= 0.3 is 5.97 Å². The highest BCUT2D eigenvalue weighted by molar-refractivity contribution is 8.00. The van der Waals surface area contributed by atoms with Crippen molar-refractivity contribution in [3.8, 4) is 0 Å². The van der Waals surface area contributed by atoms with Crippen LogP contribution in [0.3, 0.4) is 0 Å². The second-order valence-corrected chi connectivity index (χ2v) is 9.37. The Morgan fingerprint density at radius 2 is 2.00 bits per heavy atom. The lowest BCUT2D eigenvalue weighted by Gasteiger charge is -2.53. The number of nitrogens with one attached hydrogen (secondary N) is 1. The Labute approximate surface area is 200 Å². The number of amides is 2. The number of primary amides is 1. The van der Waals surface area contributed by atoms with Crippen LogP contribution in [0.1, 0.15) is 26.7 Å². The Balaban J connectivity index is 2.06. The summed E-state index contributed by atoms with van der Waals surface area (Å²) in [6.07, 6.45) is -3.24. The molecular weight excluding hydrogens is 476 g/mol. The molecule has 0 aromatic heterocycles. The molecule has 0 saturated carbocycles. The number of nitrogens with zero attached hydrogens (tertiary/aromatic N) is 1. The fourth-order valence-electron chi connectivity index (χ4n) is 3.71. The minimum absolute atomic E-state index is 0.156. The number of rotatable bonds is 11. The van der Waals surface area contributed by atoms with E-state index in [0.29, 0.717) is 11.9 Å². The molecule has 14 nitrogen and oxygen atoms in total. The molecule has 0 bridgehead atoms. The van der Waals surface area contributed by atoms with Gasteiger partial charge in [0.15, 0.2) is 6.29 Å². The molecule has 2 heterocycles. The minimum Gasteiger partial charge on any atom is -0.480 e. The molecule has 2 saturated heterocycles. The summed E-state index contributed by atoms with van der Waals surface area (Å²) in [6.45, 7) is 2.38. The highest BCUT2D eigenvalue weighted by atomic mass is 32.2. The second kappa shape index (κ2) is 11.7. The van der Waals surface area contributed by atoms with Crippen LogP contribution in [0.4, 0.5) is 0 Å². The third-order valence-corrected chi connectivity index (χ3v) is 6.90. The standard InChI is InChI=1S/C19H32N4O10S/c1-8(32-16-14(21)18(30)33-11(7-24)15(16)27)3-5-12-19(31,34-23(12)9(2)25)22-10(17(28)29)4-6-13(20)26/h4,6,8,10-12,14-16,18,22,24,27,30-31H,3,5,7,21H2,1-2H3,(H2,20,26)(H,28,29)/b6-4+/t8?,10-,11-,12+,14-,15-,16-,18+,19?/m1/s1. The average molecular weight is 509 g/mol. The van der Waals surface area contributed by atoms with E-state index in [1.165, 1.54) is 11.2 Å². The van der Waals surface area contributed by atoms with Crippen molar-refractivity contribution >= 4 is 29.7 Å². The molecule has 194 valence electrons. The zero-order valence-corrected chi connectivity index (χ0v) is 19.5. The zero-order valence-electron chi connectivity index (χ0n) is 18.7. The minimum atomic E-state index is -1.84. The Hall–Kier alpha value is -1.82. The van der Waals surface area contributed by atoms with Crippen LogP contribution < -0.4 is 16.8 Å². The van der Waals surface area contributed by atoms with Crippen molar-refractivity contribution < 1.29 is 49.4 Å². The smallest absolute Gasteiger partial charge is 0.324 e. The van der Waals surface area contributed by atoms with E-state index in [1.807, 2.05) is 0 Å².